The second-order valence-electron chi connectivity index (χ2n) is 1.17. The molecule has 0 aromatic carbocycles. The maximum absolute atomic E-state index is 5.18. The van der Waals surface area contributed by atoms with Crippen LogP contribution in [0.15, 0.2) is 12.7 Å². The number of rotatable bonds is 2. The van der Waals surface area contributed by atoms with Gasteiger partial charge >= 0.3 is 0 Å². The normalized spacial score (nSPS) is 8.12. The van der Waals surface area contributed by atoms with Crippen LogP contribution in [0.4, 0.5) is 0 Å². The molecule has 2 N–H and O–H groups in total. The minimum Gasteiger partial charge on any atom is -0.375 e. The second-order valence-corrected chi connectivity index (χ2v) is 2.45. The van der Waals surface area contributed by atoms with Crippen molar-refractivity contribution in [1.82, 2.24) is 3.93 Å². The van der Waals surface area contributed by atoms with E-state index >= 15 is 0 Å². The molecule has 0 aromatic rings. The van der Waals surface area contributed by atoms with Gasteiger partial charge < -0.3 is 5.73 Å². The minimum absolute atomic E-state index is 0.324. The van der Waals surface area contributed by atoms with Crippen LogP contribution >= 0.6 is 28.4 Å². The van der Waals surface area contributed by atoms with Crippen molar-refractivity contribution in [2.24, 2.45) is 5.73 Å². The lowest BCUT2D eigenvalue weighted by Gasteiger charge is -2.08. The summed E-state index contributed by atoms with van der Waals surface area (Å²) < 4.78 is 1.55. The third kappa shape index (κ3) is 2.98. The van der Waals surface area contributed by atoms with Gasteiger partial charge in [-0.05, 0) is 12.2 Å². The van der Waals surface area contributed by atoms with Gasteiger partial charge in [-0.25, -0.2) is 0 Å². The van der Waals surface area contributed by atoms with Crippen LogP contribution in [0.2, 0.25) is 0 Å². The van der Waals surface area contributed by atoms with Gasteiger partial charge in [0.15, 0.2) is 5.11 Å². The van der Waals surface area contributed by atoms with Crippen LogP contribution in [0.25, 0.3) is 0 Å². The number of halogens is 1. The van der Waals surface area contributed by atoms with Crippen LogP contribution in [-0.4, -0.2) is 15.6 Å². The first kappa shape index (κ1) is 7.91. The molecule has 0 fully saturated rings. The number of thiocarbonyl (C=S) groups is 1. The summed E-state index contributed by atoms with van der Waals surface area (Å²) in [6.45, 7) is 4.13. The molecular formula is C4H7BrN2S. The maximum Gasteiger partial charge on any atom is 0.176 e. The maximum atomic E-state index is 5.18. The molecule has 0 heterocycles. The SMILES string of the molecule is C=CCN(Br)C(N)=S. The molecule has 8 heavy (non-hydrogen) atoms. The molecule has 0 bridgehead atoms. The predicted molar refractivity (Wildman–Crippen MR) is 42.6 cm³/mol. The van der Waals surface area contributed by atoms with Gasteiger partial charge in [0.05, 0.1) is 16.1 Å². The molecule has 0 spiro atoms. The Labute approximate surface area is 62.7 Å². The molecule has 0 rings (SSSR count). The number of nitrogens with zero attached hydrogens (tertiary/aromatic N) is 1. The zero-order valence-electron chi connectivity index (χ0n) is 4.30. The van der Waals surface area contributed by atoms with Crippen LogP contribution in [0.1, 0.15) is 0 Å². The number of nitrogens with two attached hydrogens (primary N) is 1. The summed E-state index contributed by atoms with van der Waals surface area (Å²) in [4.78, 5) is 0. The molecule has 2 nitrogen and oxygen atoms in total. The Balaban J connectivity index is 3.46. The Morgan fingerprint density at radius 2 is 2.50 bits per heavy atom. The minimum atomic E-state index is 0.324. The average molecular weight is 195 g/mol. The van der Waals surface area contributed by atoms with E-state index in [2.05, 4.69) is 34.9 Å². The molecule has 0 radical (unpaired) electrons. The first-order valence-corrected chi connectivity index (χ1v) is 3.14. The quantitative estimate of drug-likeness (QED) is 0.405. The van der Waals surface area contributed by atoms with Crippen molar-refractivity contribution in [2.75, 3.05) is 6.54 Å². The van der Waals surface area contributed by atoms with Gasteiger partial charge in [0.25, 0.3) is 0 Å². The van der Waals surface area contributed by atoms with Crippen LogP contribution in [0, 0.1) is 0 Å². The van der Waals surface area contributed by atoms with Crippen molar-refractivity contribution in [2.45, 2.75) is 0 Å². The monoisotopic (exact) mass is 194 g/mol. The molecule has 0 amide bonds. The Kier molecular flexibility index (Phi) is 3.81. The summed E-state index contributed by atoms with van der Waals surface area (Å²) in [7, 11) is 0. The molecule has 0 aliphatic carbocycles. The summed E-state index contributed by atoms with van der Waals surface area (Å²) in [6, 6.07) is 0. The third-order valence-corrected chi connectivity index (χ3v) is 1.66. The van der Waals surface area contributed by atoms with E-state index in [1.807, 2.05) is 0 Å². The fraction of sp³-hybridized carbons (Fsp3) is 0.250. The van der Waals surface area contributed by atoms with Crippen LogP contribution in [-0.2, 0) is 0 Å². The standard InChI is InChI=1S/C4H7BrN2S/c1-2-3-7(5)4(6)8/h2H,1,3H2,(H2,6,8). The van der Waals surface area contributed by atoms with Crippen molar-refractivity contribution < 1.29 is 0 Å². The Bertz CT molecular complexity index is 104. The first-order chi connectivity index (χ1) is 3.68. The van der Waals surface area contributed by atoms with Gasteiger partial charge in [-0.15, -0.1) is 6.58 Å². The zero-order chi connectivity index (χ0) is 6.57. The second kappa shape index (κ2) is 3.86. The van der Waals surface area contributed by atoms with Crippen LogP contribution in [0.5, 0.6) is 0 Å². The topological polar surface area (TPSA) is 29.3 Å². The van der Waals surface area contributed by atoms with Crippen LogP contribution in [0.3, 0.4) is 0 Å². The summed E-state index contributed by atoms with van der Waals surface area (Å²) >= 11 is 7.69. The molecule has 4 heteroatoms. The largest absolute Gasteiger partial charge is 0.375 e. The summed E-state index contributed by atoms with van der Waals surface area (Å²) in [5.74, 6) is 0. The lowest BCUT2D eigenvalue weighted by molar-refractivity contribution is 0.791. The molecule has 0 saturated heterocycles. The van der Waals surface area contributed by atoms with Gasteiger partial charge in [-0.3, -0.25) is 3.93 Å². The number of hydrogen-bond donors (Lipinski definition) is 1. The van der Waals surface area contributed by atoms with E-state index < -0.39 is 0 Å². The Morgan fingerprint density at radius 3 is 2.62 bits per heavy atom. The van der Waals surface area contributed by atoms with E-state index in [1.54, 1.807) is 10.0 Å². The summed E-state index contributed by atoms with van der Waals surface area (Å²) in [5, 5.41) is 0.324. The zero-order valence-corrected chi connectivity index (χ0v) is 6.70. The van der Waals surface area contributed by atoms with E-state index in [9.17, 15) is 0 Å². The first-order valence-electron chi connectivity index (χ1n) is 2.02. The van der Waals surface area contributed by atoms with Crippen molar-refractivity contribution in [3.63, 3.8) is 0 Å². The molecule has 0 aliphatic heterocycles. The van der Waals surface area contributed by atoms with E-state index in [0.717, 1.165) is 0 Å². The molecule has 0 saturated carbocycles. The van der Waals surface area contributed by atoms with E-state index in [4.69, 9.17) is 5.73 Å². The molecular weight excluding hydrogens is 188 g/mol. The highest BCUT2D eigenvalue weighted by molar-refractivity contribution is 9.07. The smallest absolute Gasteiger partial charge is 0.176 e. The van der Waals surface area contributed by atoms with Gasteiger partial charge in [-0.2, -0.15) is 0 Å². The average Bonchev–Trinajstić information content (AvgIpc) is 1.67. The third-order valence-electron chi connectivity index (χ3n) is 0.529. The number of hydrogen-bond acceptors (Lipinski definition) is 1. The van der Waals surface area contributed by atoms with Crippen molar-refractivity contribution in [1.29, 1.82) is 0 Å². The van der Waals surface area contributed by atoms with Crippen LogP contribution < -0.4 is 5.73 Å². The van der Waals surface area contributed by atoms with Crippen molar-refractivity contribution in [3.05, 3.63) is 12.7 Å². The van der Waals surface area contributed by atoms with Crippen molar-refractivity contribution in [3.8, 4) is 0 Å². The van der Waals surface area contributed by atoms with E-state index in [1.165, 1.54) is 0 Å². The van der Waals surface area contributed by atoms with Gasteiger partial charge in [0.2, 0.25) is 0 Å². The van der Waals surface area contributed by atoms with Gasteiger partial charge in [0.1, 0.15) is 0 Å². The van der Waals surface area contributed by atoms with E-state index in [0.29, 0.717) is 11.7 Å². The molecule has 0 atom stereocenters. The fourth-order valence-corrected chi connectivity index (χ4v) is 0.483. The molecule has 0 unspecified atom stereocenters. The highest BCUT2D eigenvalue weighted by Gasteiger charge is 1.94. The highest BCUT2D eigenvalue weighted by Crippen LogP contribution is 1.94. The Morgan fingerprint density at radius 1 is 2.00 bits per heavy atom. The van der Waals surface area contributed by atoms with Gasteiger partial charge in [-0.1, -0.05) is 6.08 Å². The molecule has 0 aliphatic rings. The summed E-state index contributed by atoms with van der Waals surface area (Å²) in [5.41, 5.74) is 5.18. The summed E-state index contributed by atoms with van der Waals surface area (Å²) in [6.07, 6.45) is 1.70. The Hall–Kier alpha value is -0.0900. The lowest BCUT2D eigenvalue weighted by atomic mass is 10.6. The molecule has 0 aromatic heterocycles. The molecule has 46 valence electrons. The van der Waals surface area contributed by atoms with Gasteiger partial charge in [0, 0.05) is 6.54 Å². The predicted octanol–water partition coefficient (Wildman–Crippen LogP) is 1.03. The van der Waals surface area contributed by atoms with Crippen molar-refractivity contribution >= 4 is 33.5 Å². The highest BCUT2D eigenvalue weighted by atomic mass is 79.9. The lowest BCUT2D eigenvalue weighted by Crippen LogP contribution is -2.26. The van der Waals surface area contributed by atoms with E-state index in [-0.39, 0.29) is 0 Å². The fourth-order valence-electron chi connectivity index (χ4n) is 0.203.